The summed E-state index contributed by atoms with van der Waals surface area (Å²) >= 11 is 0. The lowest BCUT2D eigenvalue weighted by atomic mass is 10.0. The summed E-state index contributed by atoms with van der Waals surface area (Å²) in [7, 11) is 3.30. The molecule has 1 aromatic carbocycles. The summed E-state index contributed by atoms with van der Waals surface area (Å²) in [5.74, 6) is 0.847. The monoisotopic (exact) mass is 434 g/mol. The maximum Gasteiger partial charge on any atom is 0.191 e. The van der Waals surface area contributed by atoms with Crippen molar-refractivity contribution in [2.24, 2.45) is 4.99 Å². The molecule has 0 amide bonds. The summed E-state index contributed by atoms with van der Waals surface area (Å²) in [6, 6.07) is 5.62. The summed E-state index contributed by atoms with van der Waals surface area (Å²) in [6.07, 6.45) is 10.2. The molecule has 0 atom stereocenters. The Labute approximate surface area is 186 Å². The van der Waals surface area contributed by atoms with Crippen molar-refractivity contribution in [3.05, 3.63) is 29.6 Å². The van der Waals surface area contributed by atoms with Gasteiger partial charge in [0.2, 0.25) is 0 Å². The lowest BCUT2D eigenvalue weighted by Gasteiger charge is -2.33. The fraction of sp³-hybridized carbons (Fsp3) is 0.708. The van der Waals surface area contributed by atoms with E-state index in [9.17, 15) is 4.39 Å². The molecule has 1 heterocycles. The molecule has 1 saturated heterocycles. The molecule has 2 aliphatic rings. The SMILES string of the molecule is CN=C(NCCOC1CCCCCC1)NC1CCN(Cc2ccc(OC)c(F)c2)CC1. The summed E-state index contributed by atoms with van der Waals surface area (Å²) in [5, 5.41) is 6.93. The van der Waals surface area contributed by atoms with Gasteiger partial charge < -0.3 is 20.1 Å². The van der Waals surface area contributed by atoms with Crippen molar-refractivity contribution in [2.75, 3.05) is 40.4 Å². The number of ether oxygens (including phenoxy) is 2. The summed E-state index contributed by atoms with van der Waals surface area (Å²) in [5.41, 5.74) is 0.982. The van der Waals surface area contributed by atoms with Gasteiger partial charge in [-0.2, -0.15) is 0 Å². The van der Waals surface area contributed by atoms with Crippen molar-refractivity contribution < 1.29 is 13.9 Å². The van der Waals surface area contributed by atoms with E-state index in [4.69, 9.17) is 9.47 Å². The molecule has 2 N–H and O–H groups in total. The number of hydrogen-bond acceptors (Lipinski definition) is 4. The first-order chi connectivity index (χ1) is 15.2. The summed E-state index contributed by atoms with van der Waals surface area (Å²) in [6.45, 7) is 4.22. The number of nitrogens with zero attached hydrogens (tertiary/aromatic N) is 2. The largest absolute Gasteiger partial charge is 0.494 e. The minimum absolute atomic E-state index is 0.296. The molecule has 0 aromatic heterocycles. The van der Waals surface area contributed by atoms with Gasteiger partial charge in [0.25, 0.3) is 0 Å². The lowest BCUT2D eigenvalue weighted by molar-refractivity contribution is 0.0467. The number of nitrogens with one attached hydrogen (secondary N) is 2. The first-order valence-electron chi connectivity index (χ1n) is 11.8. The molecule has 0 spiro atoms. The average Bonchev–Trinajstić information content (AvgIpc) is 3.06. The van der Waals surface area contributed by atoms with Crippen LogP contribution in [0, 0.1) is 5.82 Å². The van der Waals surface area contributed by atoms with Crippen LogP contribution in [0.5, 0.6) is 5.75 Å². The van der Waals surface area contributed by atoms with Crippen LogP contribution in [0.4, 0.5) is 4.39 Å². The van der Waals surface area contributed by atoms with Gasteiger partial charge in [-0.1, -0.05) is 31.7 Å². The molecule has 31 heavy (non-hydrogen) atoms. The van der Waals surface area contributed by atoms with Gasteiger partial charge in [0, 0.05) is 39.3 Å². The van der Waals surface area contributed by atoms with Gasteiger partial charge in [-0.3, -0.25) is 9.89 Å². The third-order valence-electron chi connectivity index (χ3n) is 6.32. The van der Waals surface area contributed by atoms with E-state index in [1.165, 1.54) is 45.6 Å². The predicted molar refractivity (Wildman–Crippen MR) is 123 cm³/mol. The minimum Gasteiger partial charge on any atom is -0.494 e. The molecule has 3 rings (SSSR count). The number of aliphatic imine (C=N–C) groups is 1. The summed E-state index contributed by atoms with van der Waals surface area (Å²) in [4.78, 5) is 6.74. The van der Waals surface area contributed by atoms with E-state index in [2.05, 4.69) is 20.5 Å². The van der Waals surface area contributed by atoms with Crippen molar-refractivity contribution in [3.8, 4) is 5.75 Å². The zero-order valence-corrected chi connectivity index (χ0v) is 19.2. The maximum absolute atomic E-state index is 13.9. The van der Waals surface area contributed by atoms with Gasteiger partial charge >= 0.3 is 0 Å². The number of piperidine rings is 1. The molecule has 1 aliphatic heterocycles. The highest BCUT2D eigenvalue weighted by Crippen LogP contribution is 2.21. The molecule has 1 aromatic rings. The van der Waals surface area contributed by atoms with E-state index in [0.29, 0.717) is 17.9 Å². The average molecular weight is 435 g/mol. The molecule has 7 heteroatoms. The van der Waals surface area contributed by atoms with Crippen LogP contribution >= 0.6 is 0 Å². The Morgan fingerprint density at radius 1 is 1.13 bits per heavy atom. The van der Waals surface area contributed by atoms with Gasteiger partial charge in [0.1, 0.15) is 0 Å². The highest BCUT2D eigenvalue weighted by Gasteiger charge is 2.20. The second-order valence-electron chi connectivity index (χ2n) is 8.65. The molecule has 174 valence electrons. The Balaban J connectivity index is 1.32. The standard InChI is InChI=1S/C24H39FN4O2/c1-26-24(27-13-16-31-21-7-5-3-4-6-8-21)28-20-11-14-29(15-12-20)18-19-9-10-23(30-2)22(25)17-19/h9-10,17,20-21H,3-8,11-16,18H2,1-2H3,(H2,26,27,28). The number of guanidine groups is 1. The number of rotatable bonds is 8. The lowest BCUT2D eigenvalue weighted by Crippen LogP contribution is -2.49. The number of benzene rings is 1. The van der Waals surface area contributed by atoms with E-state index in [1.807, 2.05) is 13.1 Å². The van der Waals surface area contributed by atoms with Crippen LogP contribution in [-0.2, 0) is 11.3 Å². The Bertz CT molecular complexity index is 684. The third kappa shape index (κ3) is 7.96. The molecular weight excluding hydrogens is 395 g/mol. The second kappa shape index (κ2) is 12.9. The molecule has 1 aliphatic carbocycles. The highest BCUT2D eigenvalue weighted by molar-refractivity contribution is 5.79. The van der Waals surface area contributed by atoms with Crippen molar-refractivity contribution >= 4 is 5.96 Å². The van der Waals surface area contributed by atoms with Gasteiger partial charge in [-0.25, -0.2) is 4.39 Å². The number of likely N-dealkylation sites (tertiary alicyclic amines) is 1. The van der Waals surface area contributed by atoms with E-state index in [1.54, 1.807) is 12.1 Å². The Morgan fingerprint density at radius 2 is 1.87 bits per heavy atom. The van der Waals surface area contributed by atoms with Gasteiger partial charge in [0.05, 0.1) is 19.8 Å². The second-order valence-corrected chi connectivity index (χ2v) is 8.65. The van der Waals surface area contributed by atoms with Crippen molar-refractivity contribution in [2.45, 2.75) is 70.1 Å². The maximum atomic E-state index is 13.9. The zero-order valence-electron chi connectivity index (χ0n) is 19.2. The van der Waals surface area contributed by atoms with Crippen LogP contribution < -0.4 is 15.4 Å². The van der Waals surface area contributed by atoms with E-state index in [0.717, 1.165) is 57.2 Å². The number of hydrogen-bond donors (Lipinski definition) is 2. The fourth-order valence-corrected chi connectivity index (χ4v) is 4.49. The topological polar surface area (TPSA) is 58.1 Å². The Morgan fingerprint density at radius 3 is 2.52 bits per heavy atom. The predicted octanol–water partition coefficient (Wildman–Crippen LogP) is 3.70. The summed E-state index contributed by atoms with van der Waals surface area (Å²) < 4.78 is 25.0. The Kier molecular flexibility index (Phi) is 9.87. The van der Waals surface area contributed by atoms with Crippen LogP contribution in [0.25, 0.3) is 0 Å². The number of halogens is 1. The van der Waals surface area contributed by atoms with E-state index >= 15 is 0 Å². The van der Waals surface area contributed by atoms with Crippen molar-refractivity contribution in [1.82, 2.24) is 15.5 Å². The van der Waals surface area contributed by atoms with Crippen molar-refractivity contribution in [1.29, 1.82) is 0 Å². The quantitative estimate of drug-likeness (QED) is 0.283. The smallest absolute Gasteiger partial charge is 0.191 e. The van der Waals surface area contributed by atoms with Crippen LogP contribution in [-0.4, -0.2) is 63.4 Å². The van der Waals surface area contributed by atoms with Crippen LogP contribution in [0.3, 0.4) is 0 Å². The fourth-order valence-electron chi connectivity index (χ4n) is 4.49. The minimum atomic E-state index is -0.297. The van der Waals surface area contributed by atoms with Gasteiger partial charge in [-0.05, 0) is 43.4 Å². The van der Waals surface area contributed by atoms with Crippen LogP contribution in [0.15, 0.2) is 23.2 Å². The van der Waals surface area contributed by atoms with Crippen LogP contribution in [0.2, 0.25) is 0 Å². The molecule has 0 bridgehead atoms. The highest BCUT2D eigenvalue weighted by atomic mass is 19.1. The molecular formula is C24H39FN4O2. The molecule has 0 unspecified atom stereocenters. The molecule has 6 nitrogen and oxygen atoms in total. The van der Waals surface area contributed by atoms with Gasteiger partial charge in [0.15, 0.2) is 17.5 Å². The van der Waals surface area contributed by atoms with E-state index in [-0.39, 0.29) is 5.82 Å². The molecule has 1 saturated carbocycles. The molecule has 2 fully saturated rings. The Hall–Kier alpha value is -1.86. The zero-order chi connectivity index (χ0) is 21.9. The van der Waals surface area contributed by atoms with Crippen LogP contribution in [0.1, 0.15) is 56.9 Å². The van der Waals surface area contributed by atoms with Gasteiger partial charge in [-0.15, -0.1) is 0 Å². The van der Waals surface area contributed by atoms with Crippen molar-refractivity contribution in [3.63, 3.8) is 0 Å². The van der Waals surface area contributed by atoms with E-state index < -0.39 is 0 Å². The normalized spacial score (nSPS) is 19.8. The number of methoxy groups -OCH3 is 1. The third-order valence-corrected chi connectivity index (χ3v) is 6.32. The molecule has 0 radical (unpaired) electrons. The first-order valence-corrected chi connectivity index (χ1v) is 11.8. The first kappa shape index (κ1) is 23.8.